The fraction of sp³-hybridized carbons (Fsp3) is 0.571. The van der Waals surface area contributed by atoms with E-state index in [0.717, 1.165) is 19.4 Å². The van der Waals surface area contributed by atoms with Gasteiger partial charge in [-0.15, -0.1) is 0 Å². The minimum atomic E-state index is -0.362. The van der Waals surface area contributed by atoms with E-state index in [4.69, 9.17) is 5.84 Å². The first-order chi connectivity index (χ1) is 9.69. The Labute approximate surface area is 116 Å². The van der Waals surface area contributed by atoms with Gasteiger partial charge in [0, 0.05) is 12.7 Å². The molecule has 1 saturated heterocycles. The van der Waals surface area contributed by atoms with Crippen molar-refractivity contribution in [3.63, 3.8) is 0 Å². The second-order valence-electron chi connectivity index (χ2n) is 6.17. The highest BCUT2D eigenvalue weighted by Crippen LogP contribution is 2.55. The number of likely N-dealkylation sites (tertiary alicyclic amines) is 1. The number of aliphatic hydroxyl groups is 1. The number of aliphatic hydroxyl groups excluding tert-OH is 1. The molecule has 5 atom stereocenters. The molecule has 6 nitrogen and oxygen atoms in total. The SMILES string of the molecule is NNc1ccnc(C(=O)N2CC3CC4CC3C2C4O)c1. The number of pyridine rings is 1. The number of carbonyl (C=O) groups excluding carboxylic acids is 1. The zero-order valence-corrected chi connectivity index (χ0v) is 11.1. The number of hydrazine groups is 1. The number of nitrogens with zero attached hydrogens (tertiary/aromatic N) is 2. The molecule has 2 aliphatic carbocycles. The fourth-order valence-electron chi connectivity index (χ4n) is 4.43. The first-order valence-electron chi connectivity index (χ1n) is 7.10. The zero-order valence-electron chi connectivity index (χ0n) is 11.1. The number of hydrogen-bond donors (Lipinski definition) is 3. The maximum absolute atomic E-state index is 12.7. The lowest BCUT2D eigenvalue weighted by Gasteiger charge is -2.28. The number of amides is 1. The topological polar surface area (TPSA) is 91.5 Å². The molecule has 1 aromatic rings. The van der Waals surface area contributed by atoms with E-state index in [1.54, 1.807) is 18.3 Å². The summed E-state index contributed by atoms with van der Waals surface area (Å²) >= 11 is 0. The van der Waals surface area contributed by atoms with Crippen molar-refractivity contribution in [1.82, 2.24) is 9.88 Å². The summed E-state index contributed by atoms with van der Waals surface area (Å²) in [5, 5.41) is 10.3. The monoisotopic (exact) mass is 274 g/mol. The Bertz CT molecular complexity index is 562. The quantitative estimate of drug-likeness (QED) is 0.529. The number of nitrogen functional groups attached to an aromatic ring is 1. The highest BCUT2D eigenvalue weighted by atomic mass is 16.3. The molecule has 1 aliphatic heterocycles. The van der Waals surface area contributed by atoms with Crippen LogP contribution in [0.3, 0.4) is 0 Å². The summed E-state index contributed by atoms with van der Waals surface area (Å²) < 4.78 is 0. The van der Waals surface area contributed by atoms with Crippen molar-refractivity contribution in [3.8, 4) is 0 Å². The van der Waals surface area contributed by atoms with Crippen molar-refractivity contribution in [2.45, 2.75) is 25.0 Å². The van der Waals surface area contributed by atoms with Crippen molar-refractivity contribution < 1.29 is 9.90 Å². The van der Waals surface area contributed by atoms with Gasteiger partial charge in [-0.2, -0.15) is 0 Å². The third kappa shape index (κ3) is 1.52. The molecule has 0 radical (unpaired) electrons. The van der Waals surface area contributed by atoms with E-state index in [2.05, 4.69) is 10.4 Å². The van der Waals surface area contributed by atoms with Crippen LogP contribution in [0.15, 0.2) is 18.3 Å². The summed E-state index contributed by atoms with van der Waals surface area (Å²) in [6.45, 7) is 0.754. The Morgan fingerprint density at radius 2 is 2.30 bits per heavy atom. The maximum atomic E-state index is 12.7. The summed E-state index contributed by atoms with van der Waals surface area (Å²) in [5.74, 6) is 6.70. The first-order valence-corrected chi connectivity index (χ1v) is 7.10. The first kappa shape index (κ1) is 12.1. The molecule has 2 heterocycles. The van der Waals surface area contributed by atoms with Gasteiger partial charge >= 0.3 is 0 Å². The minimum Gasteiger partial charge on any atom is -0.391 e. The number of fused-ring (bicyclic) bond motifs is 1. The second kappa shape index (κ2) is 4.17. The average molecular weight is 274 g/mol. The van der Waals surface area contributed by atoms with Gasteiger partial charge in [-0.3, -0.25) is 15.6 Å². The number of rotatable bonds is 2. The lowest BCUT2D eigenvalue weighted by atomic mass is 9.88. The van der Waals surface area contributed by atoms with E-state index < -0.39 is 0 Å². The normalized spacial score (nSPS) is 37.5. The lowest BCUT2D eigenvalue weighted by molar-refractivity contribution is 0.0398. The molecule has 1 amide bonds. The maximum Gasteiger partial charge on any atom is 0.272 e. The molecule has 2 saturated carbocycles. The van der Waals surface area contributed by atoms with Gasteiger partial charge in [-0.05, 0) is 42.7 Å². The van der Waals surface area contributed by atoms with E-state index >= 15 is 0 Å². The van der Waals surface area contributed by atoms with Crippen molar-refractivity contribution in [2.24, 2.45) is 23.6 Å². The number of anilines is 1. The van der Waals surface area contributed by atoms with Gasteiger partial charge in [0.05, 0.1) is 17.8 Å². The van der Waals surface area contributed by atoms with Crippen molar-refractivity contribution in [3.05, 3.63) is 24.0 Å². The average Bonchev–Trinajstić information content (AvgIpc) is 3.08. The van der Waals surface area contributed by atoms with E-state index in [0.29, 0.717) is 29.1 Å². The van der Waals surface area contributed by atoms with Crippen LogP contribution in [0.1, 0.15) is 23.3 Å². The predicted octanol–water partition coefficient (Wildman–Crippen LogP) is 0.208. The standard InChI is InChI=1S/C14H18N4O2/c15-17-9-1-2-16-11(5-9)14(20)18-6-8-3-7-4-10(8)12(18)13(7)19/h1-2,5,7-8,10,12-13,19H,3-4,6,15H2,(H,16,17). The van der Waals surface area contributed by atoms with E-state index in [-0.39, 0.29) is 18.1 Å². The summed E-state index contributed by atoms with van der Waals surface area (Å²) in [5.41, 5.74) is 3.57. The number of nitrogens with one attached hydrogen (secondary N) is 1. The largest absolute Gasteiger partial charge is 0.391 e. The van der Waals surface area contributed by atoms with Gasteiger partial charge in [0.1, 0.15) is 5.69 Å². The Morgan fingerprint density at radius 1 is 1.45 bits per heavy atom. The van der Waals surface area contributed by atoms with Crippen LogP contribution in [0.5, 0.6) is 0 Å². The van der Waals surface area contributed by atoms with Gasteiger partial charge < -0.3 is 15.4 Å². The van der Waals surface area contributed by atoms with Crippen molar-refractivity contribution in [1.29, 1.82) is 0 Å². The van der Waals surface area contributed by atoms with E-state index in [9.17, 15) is 9.90 Å². The van der Waals surface area contributed by atoms with Crippen LogP contribution in [0.4, 0.5) is 5.69 Å². The van der Waals surface area contributed by atoms with Crippen molar-refractivity contribution in [2.75, 3.05) is 12.0 Å². The minimum absolute atomic E-state index is 0.0115. The van der Waals surface area contributed by atoms with E-state index in [1.165, 1.54) is 0 Å². The second-order valence-corrected chi connectivity index (χ2v) is 6.17. The van der Waals surface area contributed by atoms with Crippen molar-refractivity contribution >= 4 is 11.6 Å². The highest BCUT2D eigenvalue weighted by Gasteiger charge is 2.60. The third-order valence-corrected chi connectivity index (χ3v) is 5.26. The molecule has 3 aliphatic rings. The van der Waals surface area contributed by atoms with Crippen LogP contribution in [-0.2, 0) is 0 Å². The van der Waals surface area contributed by atoms with Gasteiger partial charge in [-0.1, -0.05) is 0 Å². The molecule has 106 valence electrons. The fourth-order valence-corrected chi connectivity index (χ4v) is 4.43. The Kier molecular flexibility index (Phi) is 2.52. The summed E-state index contributed by atoms with van der Waals surface area (Å²) in [6, 6.07) is 3.36. The smallest absolute Gasteiger partial charge is 0.272 e. The Hall–Kier alpha value is -1.66. The summed E-state index contributed by atoms with van der Waals surface area (Å²) in [4.78, 5) is 18.6. The van der Waals surface area contributed by atoms with Crippen LogP contribution in [0.2, 0.25) is 0 Å². The molecule has 6 heteroatoms. The Morgan fingerprint density at radius 3 is 3.05 bits per heavy atom. The highest BCUT2D eigenvalue weighted by molar-refractivity contribution is 5.93. The molecule has 2 bridgehead atoms. The molecule has 4 rings (SSSR count). The van der Waals surface area contributed by atoms with Crippen LogP contribution in [-0.4, -0.2) is 39.6 Å². The van der Waals surface area contributed by atoms with Gasteiger partial charge in [0.25, 0.3) is 5.91 Å². The summed E-state index contributed by atoms with van der Waals surface area (Å²) in [6.07, 6.45) is 3.33. The molecule has 3 fully saturated rings. The zero-order chi connectivity index (χ0) is 13.9. The molecular weight excluding hydrogens is 256 g/mol. The molecule has 1 aromatic heterocycles. The van der Waals surface area contributed by atoms with Gasteiger partial charge in [0.2, 0.25) is 0 Å². The number of nitrogens with two attached hydrogens (primary N) is 1. The Balaban J connectivity index is 1.63. The third-order valence-electron chi connectivity index (χ3n) is 5.26. The molecule has 4 N–H and O–H groups in total. The molecule has 0 aromatic carbocycles. The number of hydrogen-bond acceptors (Lipinski definition) is 5. The van der Waals surface area contributed by atoms with Crippen LogP contribution < -0.4 is 11.3 Å². The van der Waals surface area contributed by atoms with Gasteiger partial charge in [0.15, 0.2) is 0 Å². The van der Waals surface area contributed by atoms with E-state index in [1.807, 2.05) is 4.90 Å². The van der Waals surface area contributed by atoms with Gasteiger partial charge in [-0.25, -0.2) is 0 Å². The molecule has 20 heavy (non-hydrogen) atoms. The molecule has 0 spiro atoms. The number of aromatic nitrogens is 1. The molecular formula is C14H18N4O2. The number of carbonyl (C=O) groups is 1. The van der Waals surface area contributed by atoms with Crippen LogP contribution in [0, 0.1) is 17.8 Å². The van der Waals surface area contributed by atoms with Crippen LogP contribution >= 0.6 is 0 Å². The molecule has 5 unspecified atom stereocenters. The predicted molar refractivity (Wildman–Crippen MR) is 72.6 cm³/mol. The van der Waals surface area contributed by atoms with Crippen LogP contribution in [0.25, 0.3) is 0 Å². The lowest BCUT2D eigenvalue weighted by Crippen LogP contribution is -2.44. The summed E-state index contributed by atoms with van der Waals surface area (Å²) in [7, 11) is 0.